The Morgan fingerprint density at radius 2 is 2.04 bits per heavy atom. The van der Waals surface area contributed by atoms with Crippen molar-refractivity contribution >= 4 is 45.0 Å². The van der Waals surface area contributed by atoms with Crippen LogP contribution in [0.5, 0.6) is 5.75 Å². The van der Waals surface area contributed by atoms with Gasteiger partial charge in [-0.2, -0.15) is 0 Å². The lowest BCUT2D eigenvalue weighted by Gasteiger charge is -2.10. The molecule has 0 fully saturated rings. The van der Waals surface area contributed by atoms with Crippen molar-refractivity contribution in [1.29, 1.82) is 0 Å². The van der Waals surface area contributed by atoms with Crippen molar-refractivity contribution in [3.63, 3.8) is 0 Å². The number of amides is 1. The Kier molecular flexibility index (Phi) is 4.25. The Balaban J connectivity index is 1.77. The Morgan fingerprint density at radius 3 is 2.85 bits per heavy atom. The number of nitrogens with zero attached hydrogens (tertiary/aromatic N) is 1. The summed E-state index contributed by atoms with van der Waals surface area (Å²) < 4.78 is 5.25. The third kappa shape index (κ3) is 3.00. The van der Waals surface area contributed by atoms with E-state index in [1.165, 1.54) is 13.3 Å². The summed E-state index contributed by atoms with van der Waals surface area (Å²) in [6.07, 6.45) is 2.97. The first kappa shape index (κ1) is 17.1. The highest BCUT2D eigenvalue weighted by atomic mass is 35.5. The van der Waals surface area contributed by atoms with Gasteiger partial charge < -0.3 is 15.0 Å². The van der Waals surface area contributed by atoms with Gasteiger partial charge in [0.25, 0.3) is 5.91 Å². The lowest BCUT2D eigenvalue weighted by Crippen LogP contribution is -2.22. The number of pyridine rings is 2. The quantitative estimate of drug-likeness (QED) is 0.563. The zero-order chi connectivity index (χ0) is 19.0. The summed E-state index contributed by atoms with van der Waals surface area (Å²) in [5.74, 6) is 0.0137. The third-order valence-electron chi connectivity index (χ3n) is 4.29. The number of ether oxygens (including phenoxy) is 1. The van der Waals surface area contributed by atoms with Crippen molar-refractivity contribution in [3.05, 3.63) is 75.7 Å². The molecular formula is C20H14ClN3O3. The number of aromatic amines is 1. The van der Waals surface area contributed by atoms with E-state index < -0.39 is 5.91 Å². The van der Waals surface area contributed by atoms with Crippen LogP contribution in [0, 0.1) is 0 Å². The smallest absolute Gasteiger partial charge is 0.261 e. The van der Waals surface area contributed by atoms with E-state index in [1.807, 2.05) is 0 Å². The van der Waals surface area contributed by atoms with Crippen LogP contribution in [0.4, 0.5) is 5.69 Å². The number of carbonyl (C=O) groups excluding carboxylic acids is 1. The Labute approximate surface area is 158 Å². The zero-order valence-electron chi connectivity index (χ0n) is 14.2. The fourth-order valence-corrected chi connectivity index (χ4v) is 3.15. The number of benzene rings is 2. The van der Waals surface area contributed by atoms with Gasteiger partial charge in [-0.25, -0.2) is 0 Å². The molecule has 27 heavy (non-hydrogen) atoms. The van der Waals surface area contributed by atoms with E-state index in [0.29, 0.717) is 38.3 Å². The predicted molar refractivity (Wildman–Crippen MR) is 106 cm³/mol. The second-order valence-corrected chi connectivity index (χ2v) is 6.32. The number of hydrogen-bond acceptors (Lipinski definition) is 4. The van der Waals surface area contributed by atoms with E-state index >= 15 is 0 Å². The SMILES string of the molecule is COc1cccc2c(=O)c(C(=O)Nc3ccnc4ccc(Cl)cc34)c[nH]c12. The van der Waals surface area contributed by atoms with Crippen molar-refractivity contribution in [2.24, 2.45) is 0 Å². The summed E-state index contributed by atoms with van der Waals surface area (Å²) in [6.45, 7) is 0. The summed E-state index contributed by atoms with van der Waals surface area (Å²) in [5.41, 5.74) is 1.38. The van der Waals surface area contributed by atoms with Crippen LogP contribution in [0.3, 0.4) is 0 Å². The average molecular weight is 380 g/mol. The van der Waals surface area contributed by atoms with E-state index in [0.717, 1.165) is 0 Å². The standard InChI is InChI=1S/C20H14ClN3O3/c1-27-17-4-2-3-12-18(17)23-10-14(19(12)25)20(26)24-16-7-8-22-15-6-5-11(21)9-13(15)16/h2-10H,1H3,(H,23,25)(H,22,24,26). The number of anilines is 1. The minimum atomic E-state index is -0.520. The van der Waals surface area contributed by atoms with Crippen LogP contribution in [0.2, 0.25) is 5.02 Å². The molecule has 0 aliphatic heterocycles. The van der Waals surface area contributed by atoms with Crippen molar-refractivity contribution in [2.45, 2.75) is 0 Å². The molecule has 0 aliphatic carbocycles. The highest BCUT2D eigenvalue weighted by Gasteiger charge is 2.16. The molecule has 4 aromatic rings. The molecule has 0 aliphatic rings. The molecule has 2 N–H and O–H groups in total. The molecule has 134 valence electrons. The maximum Gasteiger partial charge on any atom is 0.261 e. The maximum absolute atomic E-state index is 12.8. The van der Waals surface area contributed by atoms with Crippen LogP contribution in [0.15, 0.2) is 59.7 Å². The largest absolute Gasteiger partial charge is 0.495 e. The lowest BCUT2D eigenvalue weighted by atomic mass is 10.1. The predicted octanol–water partition coefficient (Wildman–Crippen LogP) is 3.99. The topological polar surface area (TPSA) is 84.1 Å². The molecule has 0 radical (unpaired) electrons. The second kappa shape index (κ2) is 6.74. The molecule has 2 aromatic carbocycles. The maximum atomic E-state index is 12.8. The van der Waals surface area contributed by atoms with Gasteiger partial charge in [0.1, 0.15) is 11.3 Å². The first-order chi connectivity index (χ1) is 13.1. The minimum absolute atomic E-state index is 0.00254. The average Bonchev–Trinajstić information content (AvgIpc) is 2.68. The Morgan fingerprint density at radius 1 is 1.19 bits per heavy atom. The molecule has 0 spiro atoms. The number of methoxy groups -OCH3 is 1. The lowest BCUT2D eigenvalue weighted by molar-refractivity contribution is 0.102. The van der Waals surface area contributed by atoms with Gasteiger partial charge in [0, 0.05) is 22.8 Å². The summed E-state index contributed by atoms with van der Waals surface area (Å²) in [5, 5.41) is 4.37. The van der Waals surface area contributed by atoms with E-state index in [1.54, 1.807) is 48.7 Å². The number of carbonyl (C=O) groups is 1. The molecule has 7 heteroatoms. The molecule has 1 amide bonds. The van der Waals surface area contributed by atoms with Gasteiger partial charge >= 0.3 is 0 Å². The van der Waals surface area contributed by atoms with E-state index in [-0.39, 0.29) is 11.0 Å². The van der Waals surface area contributed by atoms with Gasteiger partial charge in [-0.3, -0.25) is 14.6 Å². The highest BCUT2D eigenvalue weighted by Crippen LogP contribution is 2.25. The second-order valence-electron chi connectivity index (χ2n) is 5.89. The number of para-hydroxylation sites is 1. The molecule has 4 rings (SSSR count). The van der Waals surface area contributed by atoms with Crippen LogP contribution in [0.1, 0.15) is 10.4 Å². The third-order valence-corrected chi connectivity index (χ3v) is 4.53. The monoisotopic (exact) mass is 379 g/mol. The number of rotatable bonds is 3. The molecule has 0 bridgehead atoms. The fraction of sp³-hybridized carbons (Fsp3) is 0.0500. The highest BCUT2D eigenvalue weighted by molar-refractivity contribution is 6.31. The number of aromatic nitrogens is 2. The minimum Gasteiger partial charge on any atom is -0.495 e. The van der Waals surface area contributed by atoms with Gasteiger partial charge in [-0.15, -0.1) is 0 Å². The molecule has 2 heterocycles. The van der Waals surface area contributed by atoms with Gasteiger partial charge in [0.05, 0.1) is 29.2 Å². The van der Waals surface area contributed by atoms with Crippen molar-refractivity contribution in [1.82, 2.24) is 9.97 Å². The van der Waals surface area contributed by atoms with Gasteiger partial charge in [-0.1, -0.05) is 17.7 Å². The fourth-order valence-electron chi connectivity index (χ4n) is 2.98. The van der Waals surface area contributed by atoms with Crippen molar-refractivity contribution in [2.75, 3.05) is 12.4 Å². The van der Waals surface area contributed by atoms with E-state index in [4.69, 9.17) is 16.3 Å². The molecule has 6 nitrogen and oxygen atoms in total. The molecule has 2 aromatic heterocycles. The summed E-state index contributed by atoms with van der Waals surface area (Å²) in [6, 6.07) is 12.0. The molecule has 0 saturated carbocycles. The number of fused-ring (bicyclic) bond motifs is 2. The first-order valence-electron chi connectivity index (χ1n) is 8.12. The van der Waals surface area contributed by atoms with Crippen LogP contribution in [0.25, 0.3) is 21.8 Å². The van der Waals surface area contributed by atoms with Crippen LogP contribution < -0.4 is 15.5 Å². The molecule has 0 atom stereocenters. The Bertz CT molecular complexity index is 1250. The summed E-state index contributed by atoms with van der Waals surface area (Å²) in [4.78, 5) is 32.7. The summed E-state index contributed by atoms with van der Waals surface area (Å²) in [7, 11) is 1.52. The van der Waals surface area contributed by atoms with Gasteiger partial charge in [0.2, 0.25) is 5.43 Å². The Hall–Kier alpha value is -3.38. The first-order valence-corrected chi connectivity index (χ1v) is 8.50. The van der Waals surface area contributed by atoms with Crippen molar-refractivity contribution in [3.8, 4) is 5.75 Å². The number of hydrogen-bond donors (Lipinski definition) is 2. The number of H-pyrrole nitrogens is 1. The number of nitrogens with one attached hydrogen (secondary N) is 2. The van der Waals surface area contributed by atoms with E-state index in [9.17, 15) is 9.59 Å². The van der Waals surface area contributed by atoms with Crippen molar-refractivity contribution < 1.29 is 9.53 Å². The van der Waals surface area contributed by atoms with Gasteiger partial charge in [0.15, 0.2) is 0 Å². The van der Waals surface area contributed by atoms with Crippen LogP contribution in [-0.4, -0.2) is 23.0 Å². The van der Waals surface area contributed by atoms with Crippen LogP contribution >= 0.6 is 11.6 Å². The van der Waals surface area contributed by atoms with Gasteiger partial charge in [-0.05, 0) is 36.4 Å². The molecule has 0 saturated heterocycles. The molecule has 0 unspecified atom stereocenters. The zero-order valence-corrected chi connectivity index (χ0v) is 15.0. The molecular weight excluding hydrogens is 366 g/mol. The normalized spacial score (nSPS) is 10.9. The summed E-state index contributed by atoms with van der Waals surface area (Å²) >= 11 is 6.06. The van der Waals surface area contributed by atoms with E-state index in [2.05, 4.69) is 15.3 Å². The van der Waals surface area contributed by atoms with Crippen LogP contribution in [-0.2, 0) is 0 Å². The number of halogens is 1.